The van der Waals surface area contributed by atoms with Gasteiger partial charge in [0.25, 0.3) is 0 Å². The quantitative estimate of drug-likeness (QED) is 0.844. The average molecular weight is 250 g/mol. The standard InChI is InChI=1S/C13H18N2O3/c1-3-8-15(4-2)13(18)14-11-7-5-6-10(9-11)12(16)17/h5-7,9H,3-4,8H2,1-2H3,(H,14,18)(H,16,17). The van der Waals surface area contributed by atoms with E-state index in [0.29, 0.717) is 18.8 Å². The van der Waals surface area contributed by atoms with E-state index < -0.39 is 5.97 Å². The molecule has 0 radical (unpaired) electrons. The Bertz CT molecular complexity index is 432. The third-order valence-electron chi connectivity index (χ3n) is 2.52. The Kier molecular flexibility index (Phi) is 5.17. The molecule has 2 amide bonds. The van der Waals surface area contributed by atoms with Crippen LogP contribution in [0.25, 0.3) is 0 Å². The van der Waals surface area contributed by atoms with Gasteiger partial charge in [0.1, 0.15) is 0 Å². The zero-order chi connectivity index (χ0) is 13.5. The number of carboxylic acids is 1. The fraction of sp³-hybridized carbons (Fsp3) is 0.385. The second-order valence-electron chi connectivity index (χ2n) is 3.90. The lowest BCUT2D eigenvalue weighted by atomic mass is 10.2. The van der Waals surface area contributed by atoms with Crippen LogP contribution in [0.4, 0.5) is 10.5 Å². The lowest BCUT2D eigenvalue weighted by Crippen LogP contribution is -2.35. The second kappa shape index (κ2) is 6.64. The summed E-state index contributed by atoms with van der Waals surface area (Å²) in [5, 5.41) is 11.6. The van der Waals surface area contributed by atoms with Gasteiger partial charge in [-0.3, -0.25) is 0 Å². The molecule has 0 aliphatic heterocycles. The van der Waals surface area contributed by atoms with Gasteiger partial charge in [0.05, 0.1) is 5.56 Å². The first-order chi connectivity index (χ1) is 8.58. The maximum atomic E-state index is 11.9. The van der Waals surface area contributed by atoms with Crippen LogP contribution < -0.4 is 5.32 Å². The van der Waals surface area contributed by atoms with Crippen LogP contribution in [0.15, 0.2) is 24.3 Å². The topological polar surface area (TPSA) is 69.6 Å². The number of nitrogens with one attached hydrogen (secondary N) is 1. The number of hydrogen-bond donors (Lipinski definition) is 2. The van der Waals surface area contributed by atoms with Crippen molar-refractivity contribution >= 4 is 17.7 Å². The van der Waals surface area contributed by atoms with Crippen molar-refractivity contribution in [3.8, 4) is 0 Å². The predicted molar refractivity (Wildman–Crippen MR) is 70.0 cm³/mol. The molecule has 0 aliphatic carbocycles. The van der Waals surface area contributed by atoms with Crippen molar-refractivity contribution in [2.45, 2.75) is 20.3 Å². The Hall–Kier alpha value is -2.04. The summed E-state index contributed by atoms with van der Waals surface area (Å²) in [6.07, 6.45) is 0.885. The van der Waals surface area contributed by atoms with Crippen LogP contribution in [0.3, 0.4) is 0 Å². The van der Waals surface area contributed by atoms with Gasteiger partial charge < -0.3 is 15.3 Å². The van der Waals surface area contributed by atoms with Gasteiger partial charge >= 0.3 is 12.0 Å². The molecule has 5 nitrogen and oxygen atoms in total. The highest BCUT2D eigenvalue weighted by molar-refractivity contribution is 5.93. The SMILES string of the molecule is CCCN(CC)C(=O)Nc1cccc(C(=O)O)c1. The Balaban J connectivity index is 2.74. The molecule has 0 saturated carbocycles. The first-order valence-corrected chi connectivity index (χ1v) is 5.97. The van der Waals surface area contributed by atoms with E-state index >= 15 is 0 Å². The van der Waals surface area contributed by atoms with E-state index in [0.717, 1.165) is 6.42 Å². The summed E-state index contributed by atoms with van der Waals surface area (Å²) in [6, 6.07) is 6.00. The highest BCUT2D eigenvalue weighted by atomic mass is 16.4. The second-order valence-corrected chi connectivity index (χ2v) is 3.90. The van der Waals surface area contributed by atoms with E-state index in [4.69, 9.17) is 5.11 Å². The van der Waals surface area contributed by atoms with Crippen molar-refractivity contribution in [3.63, 3.8) is 0 Å². The summed E-state index contributed by atoms with van der Waals surface area (Å²) < 4.78 is 0. The monoisotopic (exact) mass is 250 g/mol. The van der Waals surface area contributed by atoms with Gasteiger partial charge in [0.2, 0.25) is 0 Å². The molecule has 0 heterocycles. The molecule has 1 rings (SSSR count). The van der Waals surface area contributed by atoms with Gasteiger partial charge in [-0.1, -0.05) is 13.0 Å². The Morgan fingerprint density at radius 3 is 2.61 bits per heavy atom. The maximum absolute atomic E-state index is 11.9. The summed E-state index contributed by atoms with van der Waals surface area (Å²) in [6.45, 7) is 5.21. The molecule has 0 bridgehead atoms. The lowest BCUT2D eigenvalue weighted by Gasteiger charge is -2.20. The number of aromatic carboxylic acids is 1. The molecular formula is C13H18N2O3. The van der Waals surface area contributed by atoms with Crippen LogP contribution in [-0.2, 0) is 0 Å². The fourth-order valence-electron chi connectivity index (χ4n) is 1.61. The van der Waals surface area contributed by atoms with Crippen LogP contribution in [-0.4, -0.2) is 35.1 Å². The minimum atomic E-state index is -1.01. The molecule has 2 N–H and O–H groups in total. The first-order valence-electron chi connectivity index (χ1n) is 5.97. The van der Waals surface area contributed by atoms with E-state index in [-0.39, 0.29) is 11.6 Å². The van der Waals surface area contributed by atoms with Gasteiger partial charge in [0, 0.05) is 18.8 Å². The van der Waals surface area contributed by atoms with Crippen molar-refractivity contribution in [2.75, 3.05) is 18.4 Å². The van der Waals surface area contributed by atoms with Crippen LogP contribution in [0.5, 0.6) is 0 Å². The van der Waals surface area contributed by atoms with Gasteiger partial charge in [0.15, 0.2) is 0 Å². The number of benzene rings is 1. The Morgan fingerprint density at radius 1 is 1.33 bits per heavy atom. The lowest BCUT2D eigenvalue weighted by molar-refractivity contribution is 0.0697. The zero-order valence-corrected chi connectivity index (χ0v) is 10.6. The zero-order valence-electron chi connectivity index (χ0n) is 10.6. The summed E-state index contributed by atoms with van der Waals surface area (Å²) in [5.41, 5.74) is 0.654. The maximum Gasteiger partial charge on any atom is 0.335 e. The van der Waals surface area contributed by atoms with Gasteiger partial charge in [-0.25, -0.2) is 9.59 Å². The highest BCUT2D eigenvalue weighted by Crippen LogP contribution is 2.11. The van der Waals surface area contributed by atoms with Crippen molar-refractivity contribution in [1.82, 2.24) is 4.90 Å². The Morgan fingerprint density at radius 2 is 2.06 bits per heavy atom. The third-order valence-corrected chi connectivity index (χ3v) is 2.52. The van der Waals surface area contributed by atoms with Gasteiger partial charge in [-0.2, -0.15) is 0 Å². The first kappa shape index (κ1) is 14.0. The number of anilines is 1. The number of carboxylic acid groups (broad SMARTS) is 1. The largest absolute Gasteiger partial charge is 0.478 e. The molecule has 0 spiro atoms. The number of amides is 2. The number of rotatable bonds is 5. The highest BCUT2D eigenvalue weighted by Gasteiger charge is 2.11. The number of hydrogen-bond acceptors (Lipinski definition) is 2. The minimum absolute atomic E-state index is 0.159. The van der Waals surface area contributed by atoms with E-state index in [2.05, 4.69) is 5.32 Å². The predicted octanol–water partition coefficient (Wildman–Crippen LogP) is 2.65. The normalized spacial score (nSPS) is 9.89. The number of carbonyl (C=O) groups is 2. The van der Waals surface area contributed by atoms with E-state index in [9.17, 15) is 9.59 Å². The summed E-state index contributed by atoms with van der Waals surface area (Å²) in [4.78, 5) is 24.4. The molecule has 0 atom stereocenters. The van der Waals surface area contributed by atoms with Crippen molar-refractivity contribution in [3.05, 3.63) is 29.8 Å². The smallest absolute Gasteiger partial charge is 0.335 e. The number of nitrogens with zero attached hydrogens (tertiary/aromatic N) is 1. The van der Waals surface area contributed by atoms with E-state index in [1.807, 2.05) is 13.8 Å². The molecule has 1 aromatic rings. The molecule has 18 heavy (non-hydrogen) atoms. The third kappa shape index (κ3) is 3.76. The molecule has 1 aromatic carbocycles. The molecule has 98 valence electrons. The molecule has 0 fully saturated rings. The van der Waals surface area contributed by atoms with Gasteiger partial charge in [-0.05, 0) is 31.5 Å². The van der Waals surface area contributed by atoms with Gasteiger partial charge in [-0.15, -0.1) is 0 Å². The van der Waals surface area contributed by atoms with Crippen molar-refractivity contribution in [2.24, 2.45) is 0 Å². The van der Waals surface area contributed by atoms with Crippen LogP contribution in [0, 0.1) is 0 Å². The molecule has 0 unspecified atom stereocenters. The number of urea groups is 1. The molecule has 0 aromatic heterocycles. The number of carbonyl (C=O) groups excluding carboxylic acids is 1. The molecule has 0 aliphatic rings. The van der Waals surface area contributed by atoms with Crippen molar-refractivity contribution in [1.29, 1.82) is 0 Å². The average Bonchev–Trinajstić information content (AvgIpc) is 2.36. The summed E-state index contributed by atoms with van der Waals surface area (Å²) in [7, 11) is 0. The Labute approximate surface area is 106 Å². The molecule has 0 saturated heterocycles. The van der Waals surface area contributed by atoms with Crippen LogP contribution in [0.1, 0.15) is 30.6 Å². The van der Waals surface area contributed by atoms with Crippen LogP contribution >= 0.6 is 0 Å². The summed E-state index contributed by atoms with van der Waals surface area (Å²) in [5.74, 6) is -1.01. The molecule has 5 heteroatoms. The fourth-order valence-corrected chi connectivity index (χ4v) is 1.61. The summed E-state index contributed by atoms with van der Waals surface area (Å²) >= 11 is 0. The van der Waals surface area contributed by atoms with E-state index in [1.165, 1.54) is 12.1 Å². The van der Waals surface area contributed by atoms with Crippen LogP contribution in [0.2, 0.25) is 0 Å². The van der Waals surface area contributed by atoms with E-state index in [1.54, 1.807) is 17.0 Å². The minimum Gasteiger partial charge on any atom is -0.478 e. The molecular weight excluding hydrogens is 232 g/mol. The van der Waals surface area contributed by atoms with Crippen molar-refractivity contribution < 1.29 is 14.7 Å².